The monoisotopic (exact) mass is 588 g/mol. The highest BCUT2D eigenvalue weighted by Gasteiger charge is 2.50. The molecule has 0 aromatic heterocycles. The van der Waals surface area contributed by atoms with Gasteiger partial charge >= 0.3 is 20.2 Å². The summed E-state index contributed by atoms with van der Waals surface area (Å²) in [4.78, 5) is 40.1. The van der Waals surface area contributed by atoms with Gasteiger partial charge in [-0.05, 0) is 33.8 Å². The standard InChI is InChI=1S/C34H30B2O8/c1-22(37)42-17-16-34(44-36(41)26-14-6-3-7-15-26)20-29-31(30(21-34)43-35(40)25-12-4-2-5-13-25)33(39)28-19-24-11-9-8-10-23(24)18-27(28)32(29)38/h2-15,18-19,30,40-41H,16-17,20-21H2,1H3/t30-,34-/m0/s1. The zero-order valence-electron chi connectivity index (χ0n) is 24.1. The number of Topliss-reactive ketones (excluding diaryl/α,β-unsaturated/α-hetero) is 2. The summed E-state index contributed by atoms with van der Waals surface area (Å²) in [5.41, 5.74) is 0.559. The Hall–Kier alpha value is -4.34. The normalized spacial score (nSPS) is 19.4. The topological polar surface area (TPSA) is 119 Å². The Balaban J connectivity index is 1.45. The Morgan fingerprint density at radius 3 is 1.95 bits per heavy atom. The number of fused-ring (bicyclic) bond motifs is 2. The molecule has 0 saturated carbocycles. The van der Waals surface area contributed by atoms with Crippen molar-refractivity contribution in [3.63, 3.8) is 0 Å². The van der Waals surface area contributed by atoms with Crippen molar-refractivity contribution in [3.8, 4) is 0 Å². The summed E-state index contributed by atoms with van der Waals surface area (Å²) >= 11 is 0. The van der Waals surface area contributed by atoms with Crippen LogP contribution in [0.5, 0.6) is 0 Å². The number of carbonyl (C=O) groups excluding carboxylic acids is 3. The van der Waals surface area contributed by atoms with Crippen molar-refractivity contribution in [3.05, 3.63) is 119 Å². The van der Waals surface area contributed by atoms with E-state index in [0.717, 1.165) is 10.8 Å². The van der Waals surface area contributed by atoms with Gasteiger partial charge in [0.1, 0.15) is 0 Å². The zero-order valence-corrected chi connectivity index (χ0v) is 24.1. The fourth-order valence-electron chi connectivity index (χ4n) is 6.14. The number of esters is 1. The lowest BCUT2D eigenvalue weighted by molar-refractivity contribution is -0.142. The third-order valence-electron chi connectivity index (χ3n) is 8.28. The molecule has 220 valence electrons. The first-order valence-electron chi connectivity index (χ1n) is 14.5. The number of carbonyl (C=O) groups is 3. The molecule has 8 nitrogen and oxygen atoms in total. The van der Waals surface area contributed by atoms with E-state index in [1.807, 2.05) is 30.3 Å². The summed E-state index contributed by atoms with van der Waals surface area (Å²) < 4.78 is 17.8. The second kappa shape index (κ2) is 12.3. The number of hydrogen-bond acceptors (Lipinski definition) is 8. The fraction of sp³-hybridized carbons (Fsp3) is 0.206. The van der Waals surface area contributed by atoms with E-state index in [0.29, 0.717) is 10.9 Å². The first-order chi connectivity index (χ1) is 21.2. The minimum Gasteiger partial charge on any atom is -0.466 e. The maximum absolute atomic E-state index is 14.2. The minimum absolute atomic E-state index is 0.00280. The summed E-state index contributed by atoms with van der Waals surface area (Å²) in [5, 5.41) is 24.0. The number of rotatable bonds is 9. The van der Waals surface area contributed by atoms with Crippen molar-refractivity contribution < 1.29 is 38.5 Å². The van der Waals surface area contributed by atoms with E-state index in [1.54, 1.807) is 66.7 Å². The highest BCUT2D eigenvalue weighted by atomic mass is 16.6. The molecule has 2 aliphatic rings. The SMILES string of the molecule is CC(=O)OCC[C@]1(OB(O)c2ccccc2)CC2=C(C(=O)c3cc4ccccc4cc3C2=O)[C@@H](OB(O)c2ccccc2)C1. The van der Waals surface area contributed by atoms with Gasteiger partial charge in [0, 0.05) is 48.5 Å². The lowest BCUT2D eigenvalue weighted by Crippen LogP contribution is -2.53. The van der Waals surface area contributed by atoms with Gasteiger partial charge in [0.15, 0.2) is 11.6 Å². The van der Waals surface area contributed by atoms with Crippen LogP contribution in [0.2, 0.25) is 0 Å². The molecule has 2 atom stereocenters. The zero-order chi connectivity index (χ0) is 30.8. The van der Waals surface area contributed by atoms with E-state index in [-0.39, 0.29) is 59.7 Å². The molecule has 0 unspecified atom stereocenters. The summed E-state index contributed by atoms with van der Waals surface area (Å²) in [6.07, 6.45) is -1.01. The van der Waals surface area contributed by atoms with Crippen LogP contribution < -0.4 is 10.9 Å². The fourth-order valence-corrected chi connectivity index (χ4v) is 6.14. The Labute approximate surface area is 255 Å². The number of ketones is 2. The lowest BCUT2D eigenvalue weighted by atomic mass is 9.67. The van der Waals surface area contributed by atoms with E-state index >= 15 is 0 Å². The molecule has 0 saturated heterocycles. The molecule has 0 heterocycles. The molecule has 0 aliphatic heterocycles. The van der Waals surface area contributed by atoms with Crippen molar-refractivity contribution >= 4 is 53.5 Å². The van der Waals surface area contributed by atoms with E-state index in [1.165, 1.54) is 6.92 Å². The average Bonchev–Trinajstić information content (AvgIpc) is 3.03. The van der Waals surface area contributed by atoms with Crippen LogP contribution in [0.1, 0.15) is 46.9 Å². The predicted molar refractivity (Wildman–Crippen MR) is 167 cm³/mol. The second-order valence-electron chi connectivity index (χ2n) is 11.2. The second-order valence-corrected chi connectivity index (χ2v) is 11.2. The summed E-state index contributed by atoms with van der Waals surface area (Å²) in [7, 11) is -2.81. The third-order valence-corrected chi connectivity index (χ3v) is 8.28. The van der Waals surface area contributed by atoms with Gasteiger partial charge < -0.3 is 24.1 Å². The van der Waals surface area contributed by atoms with Gasteiger partial charge in [0.2, 0.25) is 0 Å². The van der Waals surface area contributed by atoms with E-state index < -0.39 is 31.9 Å². The third kappa shape index (κ3) is 5.89. The molecular weight excluding hydrogens is 558 g/mol. The molecule has 0 spiro atoms. The maximum atomic E-state index is 14.2. The smallest absolute Gasteiger partial charge is 0.466 e. The molecular formula is C34H30B2O8. The highest BCUT2D eigenvalue weighted by Crippen LogP contribution is 2.45. The molecule has 2 aliphatic carbocycles. The largest absolute Gasteiger partial charge is 0.491 e. The molecule has 6 rings (SSSR count). The number of ether oxygens (including phenoxy) is 1. The van der Waals surface area contributed by atoms with Crippen LogP contribution in [0.25, 0.3) is 10.8 Å². The van der Waals surface area contributed by atoms with E-state index in [9.17, 15) is 24.4 Å². The Kier molecular flexibility index (Phi) is 8.33. The van der Waals surface area contributed by atoms with Gasteiger partial charge in [-0.3, -0.25) is 14.4 Å². The molecule has 0 amide bonds. The van der Waals surface area contributed by atoms with Crippen molar-refractivity contribution in [2.24, 2.45) is 0 Å². The molecule has 4 aromatic carbocycles. The molecule has 0 fully saturated rings. The van der Waals surface area contributed by atoms with Crippen molar-refractivity contribution in [2.75, 3.05) is 6.61 Å². The van der Waals surface area contributed by atoms with Crippen LogP contribution in [0.15, 0.2) is 108 Å². The molecule has 4 aromatic rings. The molecule has 10 heteroatoms. The van der Waals surface area contributed by atoms with Gasteiger partial charge in [-0.15, -0.1) is 0 Å². The molecule has 44 heavy (non-hydrogen) atoms. The van der Waals surface area contributed by atoms with Gasteiger partial charge in [-0.1, -0.05) is 84.9 Å². The first kappa shape index (κ1) is 29.7. The first-order valence-corrected chi connectivity index (χ1v) is 14.5. The Morgan fingerprint density at radius 1 is 0.818 bits per heavy atom. The number of benzene rings is 4. The van der Waals surface area contributed by atoms with Crippen LogP contribution in [-0.2, 0) is 18.8 Å². The van der Waals surface area contributed by atoms with Gasteiger partial charge in [0.05, 0.1) is 18.3 Å². The van der Waals surface area contributed by atoms with Crippen LogP contribution in [0.4, 0.5) is 0 Å². The summed E-state index contributed by atoms with van der Waals surface area (Å²) in [6.45, 7) is 1.23. The average molecular weight is 588 g/mol. The highest BCUT2D eigenvalue weighted by molar-refractivity contribution is 6.60. The number of hydrogen-bond donors (Lipinski definition) is 2. The molecule has 0 bridgehead atoms. The lowest BCUT2D eigenvalue weighted by Gasteiger charge is -2.44. The van der Waals surface area contributed by atoms with Gasteiger partial charge in [0.25, 0.3) is 0 Å². The predicted octanol–water partition coefficient (Wildman–Crippen LogP) is 3.18. The van der Waals surface area contributed by atoms with Crippen LogP contribution in [-0.4, -0.2) is 60.1 Å². The molecule has 2 N–H and O–H groups in total. The molecule has 0 radical (unpaired) electrons. The van der Waals surface area contributed by atoms with Crippen LogP contribution in [0.3, 0.4) is 0 Å². The Morgan fingerprint density at radius 2 is 1.36 bits per heavy atom. The quantitative estimate of drug-likeness (QED) is 0.226. The van der Waals surface area contributed by atoms with E-state index in [2.05, 4.69) is 0 Å². The van der Waals surface area contributed by atoms with Gasteiger partial charge in [-0.2, -0.15) is 0 Å². The van der Waals surface area contributed by atoms with Gasteiger partial charge in [-0.25, -0.2) is 0 Å². The summed E-state index contributed by atoms with van der Waals surface area (Å²) in [5.74, 6) is -1.20. The van der Waals surface area contributed by atoms with Crippen molar-refractivity contribution in [2.45, 2.75) is 37.9 Å². The van der Waals surface area contributed by atoms with Crippen LogP contribution in [0, 0.1) is 0 Å². The van der Waals surface area contributed by atoms with Crippen LogP contribution >= 0.6 is 0 Å². The maximum Gasteiger partial charge on any atom is 0.491 e. The Bertz CT molecular complexity index is 1760. The van der Waals surface area contributed by atoms with Crippen molar-refractivity contribution in [1.29, 1.82) is 0 Å². The van der Waals surface area contributed by atoms with Crippen molar-refractivity contribution in [1.82, 2.24) is 0 Å². The summed E-state index contributed by atoms with van der Waals surface area (Å²) in [6, 6.07) is 28.4. The minimum atomic E-state index is -1.42. The van der Waals surface area contributed by atoms with E-state index in [4.69, 9.17) is 14.0 Å².